The van der Waals surface area contributed by atoms with Crippen LogP contribution in [0.15, 0.2) is 60.9 Å². The van der Waals surface area contributed by atoms with Gasteiger partial charge >= 0.3 is 30.0 Å². The Morgan fingerprint density at radius 2 is 1.65 bits per heavy atom. The Morgan fingerprint density at radius 3 is 2.27 bits per heavy atom. The van der Waals surface area contributed by atoms with E-state index in [1.165, 1.54) is 41.3 Å². The van der Waals surface area contributed by atoms with E-state index in [2.05, 4.69) is 46.6 Å². The Kier molecular flexibility index (Phi) is 11.4. The van der Waals surface area contributed by atoms with E-state index in [1.54, 1.807) is 19.2 Å². The van der Waals surface area contributed by atoms with Crippen LogP contribution in [-0.2, 0) is 31.7 Å². The molecule has 0 unspecified atom stereocenters. The second kappa shape index (κ2) is 15.9. The first-order valence-corrected chi connectivity index (χ1v) is 15.9. The average Bonchev–Trinajstić information content (AvgIpc) is 3.77. The molecule has 0 saturated heterocycles. The van der Waals surface area contributed by atoms with Crippen LogP contribution in [0.1, 0.15) is 35.2 Å². The fourth-order valence-corrected chi connectivity index (χ4v) is 4.95. The van der Waals surface area contributed by atoms with Gasteiger partial charge in [-0.05, 0) is 61.2 Å². The van der Waals surface area contributed by atoms with Crippen LogP contribution in [-0.4, -0.2) is 80.9 Å². The van der Waals surface area contributed by atoms with Crippen LogP contribution in [0.3, 0.4) is 0 Å². The minimum Gasteiger partial charge on any atom is -0.467 e. The van der Waals surface area contributed by atoms with E-state index in [9.17, 15) is 32.3 Å². The normalized spacial score (nSPS) is 13.7. The van der Waals surface area contributed by atoms with Gasteiger partial charge in [0, 0.05) is 36.1 Å². The monoisotopic (exact) mass is 744 g/mol. The Bertz CT molecular complexity index is 1920. The predicted octanol–water partition coefficient (Wildman–Crippen LogP) is 3.46. The van der Waals surface area contributed by atoms with E-state index < -0.39 is 54.1 Å². The summed E-state index contributed by atoms with van der Waals surface area (Å²) in [6, 6.07) is 11.2. The van der Waals surface area contributed by atoms with Crippen molar-refractivity contribution < 1.29 is 41.8 Å². The number of alkyl halides is 3. The van der Waals surface area contributed by atoms with Gasteiger partial charge in [-0.15, -0.1) is 0 Å². The minimum absolute atomic E-state index is 0.0303. The molecule has 0 radical (unpaired) electrons. The lowest BCUT2D eigenvalue weighted by Gasteiger charge is -2.19. The standard InChI is InChI=1S/C32H32ClF3N10O6/c1-46-16-22(15-38-46)39-26(49)25(48)37-14-11-23(27(50)51-2)41-24(47)18-3-9-21(10-4-18)40-28-42-29(44-30(43-28)52-17-32(34,35)36)45-31(12-13-31)19-5-7-20(33)8-6-19/h3-10,15-16,23H,11-14,17H2,1-2H3,(H,37,48)(H,39,49)(H,41,47)(H2,40,42,43,44,45)/t23-/m0/s1. The third-order valence-corrected chi connectivity index (χ3v) is 7.81. The van der Waals surface area contributed by atoms with Crippen LogP contribution in [0, 0.1) is 0 Å². The molecule has 1 atom stereocenters. The van der Waals surface area contributed by atoms with Crippen molar-refractivity contribution in [2.75, 3.05) is 36.2 Å². The second-order valence-corrected chi connectivity index (χ2v) is 12.0. The smallest absolute Gasteiger partial charge is 0.422 e. The lowest BCUT2D eigenvalue weighted by molar-refractivity contribution is -0.154. The summed E-state index contributed by atoms with van der Waals surface area (Å²) in [4.78, 5) is 62.0. The van der Waals surface area contributed by atoms with Crippen LogP contribution in [0.4, 0.5) is 36.4 Å². The quantitative estimate of drug-likeness (QED) is 0.0931. The van der Waals surface area contributed by atoms with Crippen LogP contribution in [0.5, 0.6) is 6.01 Å². The summed E-state index contributed by atoms with van der Waals surface area (Å²) in [5, 5.41) is 17.8. The number of halogens is 4. The zero-order chi connectivity index (χ0) is 37.5. The van der Waals surface area contributed by atoms with Crippen LogP contribution < -0.4 is 31.3 Å². The molecule has 5 rings (SSSR count). The number of amides is 3. The number of hydrogen-bond acceptors (Lipinski definition) is 12. The zero-order valence-corrected chi connectivity index (χ0v) is 28.3. The molecular formula is C32H32ClF3N10O6. The summed E-state index contributed by atoms with van der Waals surface area (Å²) in [7, 11) is 2.77. The van der Waals surface area contributed by atoms with Gasteiger partial charge in [0.05, 0.1) is 24.5 Å². The fourth-order valence-electron chi connectivity index (χ4n) is 4.82. The third kappa shape index (κ3) is 10.3. The zero-order valence-electron chi connectivity index (χ0n) is 27.6. The number of nitrogens with zero attached hydrogens (tertiary/aromatic N) is 5. The van der Waals surface area contributed by atoms with Crippen molar-refractivity contribution in [2.24, 2.45) is 7.05 Å². The van der Waals surface area contributed by atoms with Crippen molar-refractivity contribution in [1.29, 1.82) is 0 Å². The molecule has 20 heteroatoms. The van der Waals surface area contributed by atoms with Crippen molar-refractivity contribution >= 4 is 58.6 Å². The molecular weight excluding hydrogens is 713 g/mol. The summed E-state index contributed by atoms with van der Waals surface area (Å²) in [6.07, 6.45) is -0.458. The molecule has 5 N–H and O–H groups in total. The molecule has 2 aromatic carbocycles. The number of aromatic nitrogens is 5. The molecule has 3 amide bonds. The molecule has 4 aromatic rings. The van der Waals surface area contributed by atoms with Gasteiger partial charge in [-0.3, -0.25) is 19.1 Å². The van der Waals surface area contributed by atoms with E-state index in [-0.39, 0.29) is 30.4 Å². The number of rotatable bonds is 14. The number of anilines is 4. The van der Waals surface area contributed by atoms with Gasteiger partial charge in [-0.1, -0.05) is 23.7 Å². The maximum atomic E-state index is 13.0. The first-order valence-electron chi connectivity index (χ1n) is 15.6. The van der Waals surface area contributed by atoms with Gasteiger partial charge in [-0.25, -0.2) is 4.79 Å². The van der Waals surface area contributed by atoms with E-state index in [0.717, 1.165) is 12.7 Å². The second-order valence-electron chi connectivity index (χ2n) is 11.5. The molecule has 2 aromatic heterocycles. The Morgan fingerprint density at radius 1 is 0.962 bits per heavy atom. The first-order chi connectivity index (χ1) is 24.7. The highest BCUT2D eigenvalue weighted by Gasteiger charge is 2.45. The van der Waals surface area contributed by atoms with E-state index in [0.29, 0.717) is 29.2 Å². The molecule has 2 heterocycles. The van der Waals surface area contributed by atoms with Crippen LogP contribution >= 0.6 is 11.6 Å². The molecule has 16 nitrogen and oxygen atoms in total. The Labute approximate surface area is 298 Å². The molecule has 1 aliphatic rings. The molecule has 1 saturated carbocycles. The maximum absolute atomic E-state index is 13.0. The lowest BCUT2D eigenvalue weighted by Crippen LogP contribution is -2.44. The number of methoxy groups -OCH3 is 1. The minimum atomic E-state index is -4.64. The van der Waals surface area contributed by atoms with Crippen LogP contribution in [0.2, 0.25) is 5.02 Å². The predicted molar refractivity (Wildman–Crippen MR) is 180 cm³/mol. The molecule has 274 valence electrons. The number of hydrogen-bond donors (Lipinski definition) is 5. The van der Waals surface area contributed by atoms with Gasteiger partial charge in [0.15, 0.2) is 6.61 Å². The van der Waals surface area contributed by atoms with E-state index in [1.807, 2.05) is 12.1 Å². The van der Waals surface area contributed by atoms with E-state index in [4.69, 9.17) is 21.1 Å². The van der Waals surface area contributed by atoms with Gasteiger partial charge in [0.1, 0.15) is 6.04 Å². The number of nitrogens with one attached hydrogen (secondary N) is 5. The number of ether oxygens (including phenoxy) is 2. The third-order valence-electron chi connectivity index (χ3n) is 7.56. The Hall–Kier alpha value is -5.98. The average molecular weight is 745 g/mol. The van der Waals surface area contributed by atoms with Crippen molar-refractivity contribution in [1.82, 2.24) is 35.4 Å². The number of esters is 1. The summed E-state index contributed by atoms with van der Waals surface area (Å²) in [5.74, 6) is -3.52. The fraction of sp³-hybridized carbons (Fsp3) is 0.312. The number of aryl methyl sites for hydroxylation is 1. The number of carbonyl (C=O) groups excluding carboxylic acids is 4. The topological polar surface area (TPSA) is 203 Å². The van der Waals surface area contributed by atoms with Gasteiger partial charge in [0.2, 0.25) is 11.9 Å². The SMILES string of the molecule is COC(=O)[C@H](CCNC(=O)C(=O)Nc1cnn(C)c1)NC(=O)c1ccc(Nc2nc(NC3(c4ccc(Cl)cc4)CC3)nc(OCC(F)(F)F)n2)cc1. The highest BCUT2D eigenvalue weighted by molar-refractivity contribution is 6.39. The van der Waals surface area contributed by atoms with Gasteiger partial charge in [0.25, 0.3) is 5.91 Å². The Balaban J connectivity index is 1.21. The number of carbonyl (C=O) groups is 4. The summed E-state index contributed by atoms with van der Waals surface area (Å²) in [5.41, 5.74) is 1.13. The van der Waals surface area contributed by atoms with E-state index >= 15 is 0 Å². The number of benzene rings is 2. The largest absolute Gasteiger partial charge is 0.467 e. The maximum Gasteiger partial charge on any atom is 0.422 e. The molecule has 1 fully saturated rings. The van der Waals surface area contributed by atoms with Crippen molar-refractivity contribution in [3.63, 3.8) is 0 Å². The van der Waals surface area contributed by atoms with Crippen molar-refractivity contribution in [3.8, 4) is 6.01 Å². The molecule has 52 heavy (non-hydrogen) atoms. The van der Waals surface area contributed by atoms with Crippen LogP contribution in [0.25, 0.3) is 0 Å². The summed E-state index contributed by atoms with van der Waals surface area (Å²) in [6.45, 7) is -1.77. The van der Waals surface area contributed by atoms with Crippen molar-refractivity contribution in [2.45, 2.75) is 37.0 Å². The van der Waals surface area contributed by atoms with Crippen molar-refractivity contribution in [3.05, 3.63) is 77.1 Å². The molecule has 0 spiro atoms. The molecule has 0 aliphatic heterocycles. The summed E-state index contributed by atoms with van der Waals surface area (Å²) < 4.78 is 49.8. The molecule has 1 aliphatic carbocycles. The first kappa shape index (κ1) is 37.3. The summed E-state index contributed by atoms with van der Waals surface area (Å²) >= 11 is 6.02. The highest BCUT2D eigenvalue weighted by atomic mass is 35.5. The van der Waals surface area contributed by atoms with Gasteiger partial charge in [-0.2, -0.15) is 33.2 Å². The highest BCUT2D eigenvalue weighted by Crippen LogP contribution is 2.48. The lowest BCUT2D eigenvalue weighted by atomic mass is 10.1. The molecule has 0 bridgehead atoms. The van der Waals surface area contributed by atoms with Gasteiger partial charge < -0.3 is 36.1 Å².